The lowest BCUT2D eigenvalue weighted by atomic mass is 10.1. The topological polar surface area (TPSA) is 78.9 Å². The molecule has 2 aromatic rings. The molecule has 174 valence electrons. The van der Waals surface area contributed by atoms with Gasteiger partial charge < -0.3 is 9.64 Å². The molecule has 0 saturated carbocycles. The van der Waals surface area contributed by atoms with Crippen LogP contribution in [0.2, 0.25) is 0 Å². The Kier molecular flexibility index (Phi) is 8.42. The van der Waals surface area contributed by atoms with E-state index in [1.807, 2.05) is 17.9 Å². The van der Waals surface area contributed by atoms with Gasteiger partial charge in [-0.25, -0.2) is 13.1 Å². The number of methoxy groups -OCH3 is 1. The predicted molar refractivity (Wildman–Crippen MR) is 125 cm³/mol. The zero-order valence-electron chi connectivity index (χ0n) is 19.1. The number of carbonyl (C=O) groups is 1. The van der Waals surface area contributed by atoms with Crippen LogP contribution in [0.15, 0.2) is 47.4 Å². The zero-order valence-corrected chi connectivity index (χ0v) is 20.0. The standard InChI is InChI=1S/C24H33N3O4S/c1-19-7-4-5-8-21(19)18-26-12-6-13-27(15-14-26)24(28)23-17-22(10-9-20(23)2)32(29,30)25-11-16-31-3/h4-5,7-10,17,25H,6,11-16,18H2,1-3H3. The molecule has 1 amide bonds. The summed E-state index contributed by atoms with van der Waals surface area (Å²) in [5.74, 6) is -0.116. The molecule has 7 nitrogen and oxygen atoms in total. The third kappa shape index (κ3) is 6.16. The smallest absolute Gasteiger partial charge is 0.254 e. The Morgan fingerprint density at radius 1 is 1.03 bits per heavy atom. The van der Waals surface area contributed by atoms with Gasteiger partial charge in [-0.3, -0.25) is 9.69 Å². The summed E-state index contributed by atoms with van der Waals surface area (Å²) < 4.78 is 32.5. The van der Waals surface area contributed by atoms with E-state index in [0.717, 1.165) is 31.6 Å². The molecule has 32 heavy (non-hydrogen) atoms. The molecule has 0 radical (unpaired) electrons. The number of nitrogens with zero attached hydrogens (tertiary/aromatic N) is 2. The summed E-state index contributed by atoms with van der Waals surface area (Å²) in [5.41, 5.74) is 3.79. The van der Waals surface area contributed by atoms with Crippen molar-refractivity contribution < 1.29 is 17.9 Å². The number of ether oxygens (including phenoxy) is 1. The SMILES string of the molecule is COCCNS(=O)(=O)c1ccc(C)c(C(=O)N2CCCN(Cc3ccccc3C)CC2)c1. The molecular formula is C24H33N3O4S. The molecule has 1 aliphatic rings. The van der Waals surface area contributed by atoms with Crippen molar-refractivity contribution in [1.82, 2.24) is 14.5 Å². The van der Waals surface area contributed by atoms with Crippen LogP contribution in [-0.4, -0.2) is 70.6 Å². The van der Waals surface area contributed by atoms with Crippen LogP contribution in [0, 0.1) is 13.8 Å². The van der Waals surface area contributed by atoms with Crippen molar-refractivity contribution in [3.8, 4) is 0 Å². The molecule has 1 aliphatic heterocycles. The maximum absolute atomic E-state index is 13.3. The summed E-state index contributed by atoms with van der Waals surface area (Å²) in [6.07, 6.45) is 0.882. The van der Waals surface area contributed by atoms with Crippen molar-refractivity contribution in [2.24, 2.45) is 0 Å². The highest BCUT2D eigenvalue weighted by molar-refractivity contribution is 7.89. The summed E-state index contributed by atoms with van der Waals surface area (Å²) >= 11 is 0. The molecule has 0 spiro atoms. The molecule has 0 bridgehead atoms. The van der Waals surface area contributed by atoms with Crippen molar-refractivity contribution in [3.05, 3.63) is 64.7 Å². The first-order chi connectivity index (χ1) is 15.3. The average molecular weight is 460 g/mol. The first-order valence-electron chi connectivity index (χ1n) is 11.0. The molecule has 8 heteroatoms. The summed E-state index contributed by atoms with van der Waals surface area (Å²) in [5, 5.41) is 0. The Morgan fingerprint density at radius 3 is 2.56 bits per heavy atom. The Hall–Kier alpha value is -2.26. The number of benzene rings is 2. The van der Waals surface area contributed by atoms with Crippen LogP contribution in [0.5, 0.6) is 0 Å². The van der Waals surface area contributed by atoms with Gasteiger partial charge in [0, 0.05) is 51.9 Å². The van der Waals surface area contributed by atoms with Crippen molar-refractivity contribution in [3.63, 3.8) is 0 Å². The minimum atomic E-state index is -3.70. The third-order valence-corrected chi connectivity index (χ3v) is 7.34. The average Bonchev–Trinajstić information content (AvgIpc) is 3.01. The lowest BCUT2D eigenvalue weighted by molar-refractivity contribution is 0.0760. The number of sulfonamides is 1. The zero-order chi connectivity index (χ0) is 23.1. The molecule has 1 N–H and O–H groups in total. The van der Waals surface area contributed by atoms with Gasteiger partial charge in [0.25, 0.3) is 5.91 Å². The second kappa shape index (κ2) is 11.0. The maximum Gasteiger partial charge on any atom is 0.254 e. The highest BCUT2D eigenvalue weighted by Gasteiger charge is 2.24. The highest BCUT2D eigenvalue weighted by atomic mass is 32.2. The molecule has 3 rings (SSSR count). The summed E-state index contributed by atoms with van der Waals surface area (Å²) in [4.78, 5) is 17.6. The fourth-order valence-electron chi connectivity index (χ4n) is 3.89. The Balaban J connectivity index is 1.70. The number of amides is 1. The van der Waals surface area contributed by atoms with Gasteiger partial charge in [-0.05, 0) is 49.1 Å². The molecular weight excluding hydrogens is 426 g/mol. The third-order valence-electron chi connectivity index (χ3n) is 5.88. The van der Waals surface area contributed by atoms with E-state index < -0.39 is 10.0 Å². The predicted octanol–water partition coefficient (Wildman–Crippen LogP) is 2.58. The van der Waals surface area contributed by atoms with Crippen molar-refractivity contribution in [2.75, 3.05) is 46.4 Å². The Bertz CT molecular complexity index is 1040. The second-order valence-electron chi connectivity index (χ2n) is 8.22. The van der Waals surface area contributed by atoms with Crippen LogP contribution in [0.4, 0.5) is 0 Å². The lowest BCUT2D eigenvalue weighted by Crippen LogP contribution is -2.35. The number of aryl methyl sites for hydroxylation is 2. The van der Waals surface area contributed by atoms with Crippen molar-refractivity contribution >= 4 is 15.9 Å². The van der Waals surface area contributed by atoms with Gasteiger partial charge >= 0.3 is 0 Å². The van der Waals surface area contributed by atoms with Gasteiger partial charge in [0.1, 0.15) is 0 Å². The van der Waals surface area contributed by atoms with Gasteiger partial charge in [0.2, 0.25) is 10.0 Å². The first-order valence-corrected chi connectivity index (χ1v) is 12.5. The number of hydrogen-bond donors (Lipinski definition) is 1. The molecule has 0 aliphatic carbocycles. The minimum Gasteiger partial charge on any atom is -0.383 e. The highest BCUT2D eigenvalue weighted by Crippen LogP contribution is 2.19. The summed E-state index contributed by atoms with van der Waals surface area (Å²) in [6, 6.07) is 13.1. The fourth-order valence-corrected chi connectivity index (χ4v) is 4.93. The van der Waals surface area contributed by atoms with Crippen LogP contribution in [-0.2, 0) is 21.3 Å². The monoisotopic (exact) mass is 459 g/mol. The van der Waals surface area contributed by atoms with Crippen LogP contribution < -0.4 is 4.72 Å². The van der Waals surface area contributed by atoms with E-state index in [2.05, 4.69) is 34.7 Å². The van der Waals surface area contributed by atoms with Crippen molar-refractivity contribution in [1.29, 1.82) is 0 Å². The van der Waals surface area contributed by atoms with Crippen molar-refractivity contribution in [2.45, 2.75) is 31.7 Å². The number of nitrogens with one attached hydrogen (secondary N) is 1. The fraction of sp³-hybridized carbons (Fsp3) is 0.458. The number of hydrogen-bond acceptors (Lipinski definition) is 5. The van der Waals surface area contributed by atoms with E-state index in [9.17, 15) is 13.2 Å². The molecule has 1 heterocycles. The maximum atomic E-state index is 13.3. The largest absolute Gasteiger partial charge is 0.383 e. The lowest BCUT2D eigenvalue weighted by Gasteiger charge is -2.23. The van der Waals surface area contributed by atoms with Crippen LogP contribution >= 0.6 is 0 Å². The van der Waals surface area contributed by atoms with E-state index in [-0.39, 0.29) is 24.0 Å². The quantitative estimate of drug-likeness (QED) is 0.614. The number of rotatable bonds is 8. The molecule has 0 unspecified atom stereocenters. The normalized spacial score (nSPS) is 15.5. The van der Waals surface area contributed by atoms with Crippen LogP contribution in [0.3, 0.4) is 0 Å². The first kappa shape index (κ1) is 24.4. The number of carbonyl (C=O) groups excluding carboxylic acids is 1. The van der Waals surface area contributed by atoms with E-state index in [1.165, 1.54) is 30.4 Å². The van der Waals surface area contributed by atoms with E-state index in [0.29, 0.717) is 18.7 Å². The molecule has 2 aromatic carbocycles. The van der Waals surface area contributed by atoms with E-state index >= 15 is 0 Å². The Labute approximate surface area is 191 Å². The minimum absolute atomic E-state index is 0.0959. The van der Waals surface area contributed by atoms with Gasteiger partial charge in [0.05, 0.1) is 11.5 Å². The molecule has 1 fully saturated rings. The van der Waals surface area contributed by atoms with Gasteiger partial charge in [-0.15, -0.1) is 0 Å². The Morgan fingerprint density at radius 2 is 1.81 bits per heavy atom. The van der Waals surface area contributed by atoms with E-state index in [4.69, 9.17) is 4.74 Å². The van der Waals surface area contributed by atoms with Gasteiger partial charge in [-0.2, -0.15) is 0 Å². The van der Waals surface area contributed by atoms with Crippen LogP contribution in [0.25, 0.3) is 0 Å². The van der Waals surface area contributed by atoms with E-state index in [1.54, 1.807) is 6.07 Å². The van der Waals surface area contributed by atoms with Gasteiger partial charge in [-0.1, -0.05) is 30.3 Å². The van der Waals surface area contributed by atoms with Crippen LogP contribution in [0.1, 0.15) is 33.5 Å². The summed E-state index contributed by atoms with van der Waals surface area (Å²) in [7, 11) is -2.19. The molecule has 0 atom stereocenters. The van der Waals surface area contributed by atoms with Gasteiger partial charge in [0.15, 0.2) is 0 Å². The molecule has 0 aromatic heterocycles. The summed E-state index contributed by atoms with van der Waals surface area (Å²) in [6.45, 7) is 8.28. The molecule has 1 saturated heterocycles. The second-order valence-corrected chi connectivity index (χ2v) is 9.98.